The number of rotatable bonds is 6. The van der Waals surface area contributed by atoms with E-state index in [0.717, 1.165) is 8.64 Å². The fraction of sp³-hybridized carbons (Fsp3) is 0.105. The quantitative estimate of drug-likeness (QED) is 0.279. The van der Waals surface area contributed by atoms with Crippen LogP contribution in [0.1, 0.15) is 17.1 Å². The smallest absolute Gasteiger partial charge is 0.287 e. The lowest BCUT2D eigenvalue weighted by Crippen LogP contribution is -2.36. The Morgan fingerprint density at radius 3 is 2.85 bits per heavy atom. The van der Waals surface area contributed by atoms with Gasteiger partial charge in [0.2, 0.25) is 5.91 Å². The second-order valence-electron chi connectivity index (χ2n) is 5.56. The summed E-state index contributed by atoms with van der Waals surface area (Å²) in [5, 5.41) is 8.50. The van der Waals surface area contributed by atoms with E-state index in [1.807, 2.05) is 64.4 Å². The van der Waals surface area contributed by atoms with Crippen molar-refractivity contribution < 1.29 is 14.0 Å². The van der Waals surface area contributed by atoms with Gasteiger partial charge in [0.05, 0.1) is 12.1 Å². The minimum absolute atomic E-state index is 0.136. The Bertz CT molecular complexity index is 926. The Kier molecular flexibility index (Phi) is 6.77. The highest BCUT2D eigenvalue weighted by Crippen LogP contribution is 2.15. The second kappa shape index (κ2) is 9.47. The molecule has 8 heteroatoms. The molecular weight excluding hydrogens is 477 g/mol. The fourth-order valence-electron chi connectivity index (χ4n) is 2.29. The van der Waals surface area contributed by atoms with Crippen molar-refractivity contribution in [3.8, 4) is 0 Å². The van der Waals surface area contributed by atoms with Crippen LogP contribution in [0.15, 0.2) is 69.2 Å². The van der Waals surface area contributed by atoms with Crippen molar-refractivity contribution in [3.05, 3.63) is 74.1 Å². The Hall–Kier alpha value is -2.46. The normalized spacial score (nSPS) is 16.6. The van der Waals surface area contributed by atoms with E-state index in [-0.39, 0.29) is 17.5 Å². The summed E-state index contributed by atoms with van der Waals surface area (Å²) in [7, 11) is 0. The Balaban J connectivity index is 1.70. The predicted octanol–water partition coefficient (Wildman–Crippen LogP) is 3.69. The highest BCUT2D eigenvalue weighted by molar-refractivity contribution is 14.1. The molecule has 0 aromatic carbocycles. The number of amides is 2. The van der Waals surface area contributed by atoms with Crippen molar-refractivity contribution in [2.24, 2.45) is 11.0 Å². The monoisotopic (exact) mass is 493 g/mol. The fourth-order valence-corrected chi connectivity index (χ4v) is 3.38. The summed E-state index contributed by atoms with van der Waals surface area (Å²) in [5.41, 5.74) is 2.55. The zero-order valence-electron chi connectivity index (χ0n) is 14.1. The summed E-state index contributed by atoms with van der Waals surface area (Å²) in [5.74, 6) is -0.530. The van der Waals surface area contributed by atoms with Crippen molar-refractivity contribution in [1.29, 1.82) is 0 Å². The molecule has 1 aliphatic rings. The molecule has 6 nitrogen and oxygen atoms in total. The second-order valence-corrected chi connectivity index (χ2v) is 7.60. The summed E-state index contributed by atoms with van der Waals surface area (Å²) in [4.78, 5) is 25.8. The van der Waals surface area contributed by atoms with Crippen LogP contribution in [0.4, 0.5) is 0 Å². The lowest BCUT2D eigenvalue weighted by Gasteiger charge is -2.14. The van der Waals surface area contributed by atoms with Gasteiger partial charge in [-0.05, 0) is 58.7 Å². The summed E-state index contributed by atoms with van der Waals surface area (Å²) in [6, 6.07) is 7.27. The maximum absolute atomic E-state index is 12.5. The van der Waals surface area contributed by atoms with Gasteiger partial charge in [-0.25, -0.2) is 5.43 Å². The van der Waals surface area contributed by atoms with E-state index in [4.69, 9.17) is 4.42 Å². The highest BCUT2D eigenvalue weighted by atomic mass is 127. The first-order valence-electron chi connectivity index (χ1n) is 8.10. The molecule has 0 fully saturated rings. The largest absolute Gasteiger partial charge is 0.449 e. The van der Waals surface area contributed by atoms with Crippen LogP contribution in [0.5, 0.6) is 0 Å². The van der Waals surface area contributed by atoms with E-state index < -0.39 is 5.91 Å². The van der Waals surface area contributed by atoms with Crippen LogP contribution in [-0.2, 0) is 9.59 Å². The Morgan fingerprint density at radius 1 is 1.30 bits per heavy atom. The van der Waals surface area contributed by atoms with Gasteiger partial charge >= 0.3 is 0 Å². The number of halogens is 1. The molecule has 0 bridgehead atoms. The number of thiophene rings is 1. The summed E-state index contributed by atoms with van der Waals surface area (Å²) in [6.45, 7) is 0. The molecule has 2 aromatic heterocycles. The van der Waals surface area contributed by atoms with E-state index in [9.17, 15) is 9.59 Å². The Labute approximate surface area is 173 Å². The molecule has 3 rings (SSSR count). The van der Waals surface area contributed by atoms with Crippen LogP contribution in [0.2, 0.25) is 0 Å². The van der Waals surface area contributed by atoms with Crippen LogP contribution in [-0.4, -0.2) is 18.0 Å². The van der Waals surface area contributed by atoms with Crippen molar-refractivity contribution in [1.82, 2.24) is 10.7 Å². The van der Waals surface area contributed by atoms with Gasteiger partial charge in [0, 0.05) is 4.88 Å². The zero-order chi connectivity index (χ0) is 19.1. The van der Waals surface area contributed by atoms with Crippen molar-refractivity contribution in [3.63, 3.8) is 0 Å². The topological polar surface area (TPSA) is 83.7 Å². The van der Waals surface area contributed by atoms with Crippen molar-refractivity contribution >= 4 is 58.0 Å². The number of hydrogen-bond acceptors (Lipinski definition) is 5. The molecule has 2 heterocycles. The van der Waals surface area contributed by atoms with E-state index in [0.29, 0.717) is 12.2 Å². The molecule has 0 saturated carbocycles. The van der Waals surface area contributed by atoms with Gasteiger partial charge in [-0.3, -0.25) is 9.59 Å². The molecule has 0 saturated heterocycles. The maximum atomic E-state index is 12.5. The molecule has 27 heavy (non-hydrogen) atoms. The third kappa shape index (κ3) is 5.76. The van der Waals surface area contributed by atoms with Crippen molar-refractivity contribution in [2.45, 2.75) is 6.42 Å². The first-order chi connectivity index (χ1) is 13.1. The van der Waals surface area contributed by atoms with Gasteiger partial charge in [0.1, 0.15) is 11.5 Å². The number of hydrogen-bond donors (Lipinski definition) is 2. The van der Waals surface area contributed by atoms with Crippen molar-refractivity contribution in [2.75, 3.05) is 0 Å². The third-order valence-electron chi connectivity index (χ3n) is 3.60. The predicted molar refractivity (Wildman–Crippen MR) is 114 cm³/mol. The van der Waals surface area contributed by atoms with Gasteiger partial charge in [-0.1, -0.05) is 30.4 Å². The summed E-state index contributed by atoms with van der Waals surface area (Å²) in [6.07, 6.45) is 11.1. The summed E-state index contributed by atoms with van der Waals surface area (Å²) < 4.78 is 6.07. The molecule has 1 aliphatic carbocycles. The number of allylic oxidation sites excluding steroid dienone is 3. The average Bonchev–Trinajstić information content (AvgIpc) is 3.33. The lowest BCUT2D eigenvalue weighted by molar-refractivity contribution is -0.125. The molecule has 0 aliphatic heterocycles. The summed E-state index contributed by atoms with van der Waals surface area (Å²) >= 11 is 3.51. The van der Waals surface area contributed by atoms with Gasteiger partial charge in [-0.2, -0.15) is 5.10 Å². The number of hydrazone groups is 1. The molecule has 138 valence electrons. The molecule has 1 unspecified atom stereocenters. The molecule has 2 aromatic rings. The number of furan rings is 1. The van der Waals surface area contributed by atoms with Crippen LogP contribution in [0.25, 0.3) is 6.08 Å². The standard InChI is InChI=1S/C19H16IN3O3S/c20-17-9-8-14(26-17)12-21-23-19(25)16(11-15-7-4-10-27-15)22-18(24)13-5-2-1-3-6-13/h1-5,7-13H,6H2,(H,22,24)(H,23,25). The number of carbonyl (C=O) groups excluding carboxylic acids is 2. The molecule has 2 N–H and O–H groups in total. The SMILES string of the molecule is O=C(NN=Cc1ccc(I)o1)C(=Cc1cccs1)NC(=O)C1C=CC=CC1. The van der Waals surface area contributed by atoms with Gasteiger partial charge in [-0.15, -0.1) is 11.3 Å². The van der Waals surface area contributed by atoms with Crippen LogP contribution in [0, 0.1) is 9.68 Å². The number of carbonyl (C=O) groups is 2. The number of nitrogens with one attached hydrogen (secondary N) is 2. The molecule has 0 spiro atoms. The molecule has 2 amide bonds. The lowest BCUT2D eigenvalue weighted by atomic mass is 10.00. The number of nitrogens with zero attached hydrogens (tertiary/aromatic N) is 1. The third-order valence-corrected chi connectivity index (χ3v) is 5.00. The first kappa shape index (κ1) is 19.3. The van der Waals surface area contributed by atoms with Crippen LogP contribution >= 0.6 is 33.9 Å². The first-order valence-corrected chi connectivity index (χ1v) is 10.1. The molecule has 1 atom stereocenters. The average molecular weight is 493 g/mol. The van der Waals surface area contributed by atoms with E-state index in [1.54, 1.807) is 18.2 Å². The minimum atomic E-state index is -0.510. The maximum Gasteiger partial charge on any atom is 0.287 e. The highest BCUT2D eigenvalue weighted by Gasteiger charge is 2.19. The minimum Gasteiger partial charge on any atom is -0.449 e. The van der Waals surface area contributed by atoms with Crippen LogP contribution < -0.4 is 10.7 Å². The van der Waals surface area contributed by atoms with Gasteiger partial charge in [0.25, 0.3) is 5.91 Å². The molecular formula is C19H16IN3O3S. The molecule has 0 radical (unpaired) electrons. The van der Waals surface area contributed by atoms with E-state index in [2.05, 4.69) is 15.8 Å². The Morgan fingerprint density at radius 2 is 2.19 bits per heavy atom. The van der Waals surface area contributed by atoms with E-state index >= 15 is 0 Å². The van der Waals surface area contributed by atoms with Gasteiger partial charge < -0.3 is 9.73 Å². The van der Waals surface area contributed by atoms with Gasteiger partial charge in [0.15, 0.2) is 3.77 Å². The van der Waals surface area contributed by atoms with Crippen LogP contribution in [0.3, 0.4) is 0 Å². The zero-order valence-corrected chi connectivity index (χ0v) is 17.1. The van der Waals surface area contributed by atoms with E-state index in [1.165, 1.54) is 17.6 Å².